The summed E-state index contributed by atoms with van der Waals surface area (Å²) >= 11 is 0. The number of ketones is 2. The zero-order valence-electron chi connectivity index (χ0n) is 21.2. The molecule has 0 radical (unpaired) electrons. The van der Waals surface area contributed by atoms with Gasteiger partial charge in [-0.1, -0.05) is 19.1 Å². The average molecular weight is 545 g/mol. The molecule has 3 aliphatic carbocycles. The fraction of sp³-hybridized carbons (Fsp3) is 0.423. The number of hydrogen-bond acceptors (Lipinski definition) is 11. The number of carbonyl (C=O) groups excluding carboxylic acids is 4. The maximum absolute atomic E-state index is 14.0. The maximum Gasteiger partial charge on any atom is 0.306 e. The van der Waals surface area contributed by atoms with Crippen LogP contribution < -0.4 is 5.73 Å². The Kier molecular flexibility index (Phi) is 6.77. The number of benzene rings is 1. The van der Waals surface area contributed by atoms with E-state index >= 15 is 0 Å². The highest BCUT2D eigenvalue weighted by atomic mass is 16.5. The number of nitrogens with two attached hydrogens (primary N) is 1. The van der Waals surface area contributed by atoms with E-state index in [-0.39, 0.29) is 11.3 Å². The number of esters is 1. The number of aliphatic hydroxyl groups excluding tert-OH is 2. The van der Waals surface area contributed by atoms with E-state index in [9.17, 15) is 44.4 Å². The smallest absolute Gasteiger partial charge is 0.306 e. The number of fused-ring (bicyclic) bond motifs is 3. The second-order valence-electron chi connectivity index (χ2n) is 10.1. The predicted molar refractivity (Wildman–Crippen MR) is 131 cm³/mol. The quantitative estimate of drug-likeness (QED) is 0.204. The Morgan fingerprint density at radius 2 is 1.74 bits per heavy atom. The van der Waals surface area contributed by atoms with Crippen molar-refractivity contribution in [1.29, 1.82) is 0 Å². The summed E-state index contributed by atoms with van der Waals surface area (Å²) in [5.74, 6) is -12.2. The van der Waals surface area contributed by atoms with Crippen molar-refractivity contribution in [3.8, 4) is 5.75 Å². The number of phenols is 1. The number of primary amides is 1. The van der Waals surface area contributed by atoms with Crippen LogP contribution in [0.25, 0.3) is 5.76 Å². The van der Waals surface area contributed by atoms with E-state index in [0.717, 1.165) is 0 Å². The van der Waals surface area contributed by atoms with Crippen LogP contribution in [0.2, 0.25) is 0 Å². The molecule has 1 amide bonds. The molecule has 0 heterocycles. The Balaban J connectivity index is 2.05. The van der Waals surface area contributed by atoms with Gasteiger partial charge in [-0.3, -0.25) is 28.9 Å². The van der Waals surface area contributed by atoms with Crippen LogP contribution in [0.5, 0.6) is 5.75 Å². The number of carboxylic acids is 1. The topological polar surface area (TPSA) is 225 Å². The molecule has 208 valence electrons. The van der Waals surface area contributed by atoms with Gasteiger partial charge in [0, 0.05) is 11.5 Å². The number of likely N-dealkylation sites (N-methyl/N-ethyl adjacent to an activating group) is 1. The Labute approximate surface area is 221 Å². The molecule has 1 aromatic rings. The molecule has 4 rings (SSSR count). The molecule has 13 heteroatoms. The zero-order chi connectivity index (χ0) is 29.1. The largest absolute Gasteiger partial charge is 0.508 e. The SMILES string of the molecule is C[C@H]1c2cccc(O)c2C(O)=C2C(=O)[C@]3(O)C(O)=C(C(N)=O)C(=O)C(N(C)C)[C@@H]3[C@@H](OC(=O)CCC(=O)O)[C@@H]21. The van der Waals surface area contributed by atoms with Gasteiger partial charge in [0.2, 0.25) is 5.78 Å². The van der Waals surface area contributed by atoms with Crippen molar-refractivity contribution in [2.45, 2.75) is 43.4 Å². The summed E-state index contributed by atoms with van der Waals surface area (Å²) in [5.41, 5.74) is 0.990. The molecule has 0 aliphatic heterocycles. The molecule has 1 unspecified atom stereocenters. The van der Waals surface area contributed by atoms with Crippen molar-refractivity contribution < 1.29 is 54.2 Å². The fourth-order valence-electron chi connectivity index (χ4n) is 6.11. The Morgan fingerprint density at radius 3 is 2.31 bits per heavy atom. The second kappa shape index (κ2) is 9.50. The molecule has 1 saturated carbocycles. The number of aliphatic carboxylic acids is 1. The van der Waals surface area contributed by atoms with Gasteiger partial charge in [-0.2, -0.15) is 0 Å². The first-order valence-corrected chi connectivity index (χ1v) is 12.0. The summed E-state index contributed by atoms with van der Waals surface area (Å²) in [6.45, 7) is 1.62. The van der Waals surface area contributed by atoms with Gasteiger partial charge in [-0.25, -0.2) is 0 Å². The molecule has 1 aromatic carbocycles. The van der Waals surface area contributed by atoms with E-state index in [2.05, 4.69) is 0 Å². The van der Waals surface area contributed by atoms with Crippen LogP contribution in [-0.2, 0) is 28.7 Å². The number of rotatable bonds is 6. The van der Waals surface area contributed by atoms with Crippen molar-refractivity contribution in [3.05, 3.63) is 46.2 Å². The first-order chi connectivity index (χ1) is 18.2. The minimum atomic E-state index is -3.06. The second-order valence-corrected chi connectivity index (χ2v) is 10.1. The summed E-state index contributed by atoms with van der Waals surface area (Å²) in [7, 11) is 2.80. The van der Waals surface area contributed by atoms with Gasteiger partial charge >= 0.3 is 11.9 Å². The van der Waals surface area contributed by atoms with Gasteiger partial charge in [0.25, 0.3) is 5.91 Å². The normalized spacial score (nSPS) is 30.0. The van der Waals surface area contributed by atoms with Crippen molar-refractivity contribution in [2.75, 3.05) is 14.1 Å². The van der Waals surface area contributed by atoms with Crippen LogP contribution in [-0.4, -0.2) is 91.7 Å². The van der Waals surface area contributed by atoms with E-state index in [1.165, 1.54) is 31.1 Å². The van der Waals surface area contributed by atoms with Crippen LogP contribution in [0.4, 0.5) is 0 Å². The van der Waals surface area contributed by atoms with E-state index in [0.29, 0.717) is 5.56 Å². The van der Waals surface area contributed by atoms with Crippen LogP contribution >= 0.6 is 0 Å². The predicted octanol–water partition coefficient (Wildman–Crippen LogP) is -0.0885. The molecule has 7 N–H and O–H groups in total. The number of amides is 1. The lowest BCUT2D eigenvalue weighted by Gasteiger charge is -2.54. The highest BCUT2D eigenvalue weighted by Gasteiger charge is 2.69. The van der Waals surface area contributed by atoms with Crippen molar-refractivity contribution in [1.82, 2.24) is 4.90 Å². The highest BCUT2D eigenvalue weighted by molar-refractivity contribution is 6.24. The summed E-state index contributed by atoms with van der Waals surface area (Å²) in [4.78, 5) is 64.8. The molecule has 0 saturated heterocycles. The van der Waals surface area contributed by atoms with Gasteiger partial charge in [0.1, 0.15) is 28.9 Å². The summed E-state index contributed by atoms with van der Waals surface area (Å²) in [6, 6.07) is 2.81. The average Bonchev–Trinajstić information content (AvgIpc) is 2.84. The van der Waals surface area contributed by atoms with E-state index in [4.69, 9.17) is 15.6 Å². The van der Waals surface area contributed by atoms with Crippen molar-refractivity contribution >= 4 is 35.2 Å². The van der Waals surface area contributed by atoms with E-state index < -0.39 is 100 Å². The number of Topliss-reactive ketones (excluding diaryl/α,β-unsaturated/α-hetero) is 2. The molecule has 39 heavy (non-hydrogen) atoms. The van der Waals surface area contributed by atoms with Gasteiger partial charge in [0.05, 0.1) is 30.4 Å². The van der Waals surface area contributed by atoms with Gasteiger partial charge in [0.15, 0.2) is 11.4 Å². The Morgan fingerprint density at radius 1 is 1.10 bits per heavy atom. The Hall–Kier alpha value is -4.23. The lowest BCUT2D eigenvalue weighted by Crippen LogP contribution is -2.71. The number of nitrogens with zero attached hydrogens (tertiary/aromatic N) is 1. The van der Waals surface area contributed by atoms with Crippen LogP contribution in [0.1, 0.15) is 36.8 Å². The molecular formula is C26H28N2O11. The maximum atomic E-state index is 14.0. The van der Waals surface area contributed by atoms with Crippen molar-refractivity contribution in [2.24, 2.45) is 17.6 Å². The number of aliphatic hydroxyl groups is 3. The zero-order valence-corrected chi connectivity index (χ0v) is 21.2. The van der Waals surface area contributed by atoms with Gasteiger partial charge in [-0.05, 0) is 31.6 Å². The lowest BCUT2D eigenvalue weighted by molar-refractivity contribution is -0.185. The molecule has 6 atom stereocenters. The van der Waals surface area contributed by atoms with Crippen LogP contribution in [0, 0.1) is 11.8 Å². The van der Waals surface area contributed by atoms with Crippen LogP contribution in [0.3, 0.4) is 0 Å². The third-order valence-corrected chi connectivity index (χ3v) is 7.78. The number of phenolic OH excluding ortho intramolecular Hbond substituents is 1. The number of carbonyl (C=O) groups is 5. The standard InChI is InChI=1S/C26H28N2O11/c1-9-10-5-4-6-11(29)15(10)20(33)16-14(9)22(39-13(32)8-7-12(30)31)18-19(28(2)3)21(34)17(25(27)37)24(36)26(18,38)23(16)35/h4-6,9,14,18-19,22,29,33,36,38H,7-8H2,1-3H3,(H2,27,37)(H,30,31)/t9-,14+,18+,19?,22-,26-/m0/s1. The number of hydrogen-bond donors (Lipinski definition) is 6. The first-order valence-electron chi connectivity index (χ1n) is 12.0. The number of ether oxygens (including phenoxy) is 1. The molecule has 0 aromatic heterocycles. The summed E-state index contributed by atoms with van der Waals surface area (Å²) in [6.07, 6.45) is -2.79. The molecule has 1 fully saturated rings. The van der Waals surface area contributed by atoms with Crippen LogP contribution in [0.15, 0.2) is 35.1 Å². The third kappa shape index (κ3) is 3.96. The minimum Gasteiger partial charge on any atom is -0.508 e. The number of carboxylic acid groups (broad SMARTS) is 1. The lowest BCUT2D eigenvalue weighted by atomic mass is 9.54. The van der Waals surface area contributed by atoms with E-state index in [1.54, 1.807) is 13.0 Å². The summed E-state index contributed by atoms with van der Waals surface area (Å²) in [5, 5.41) is 53.7. The summed E-state index contributed by atoms with van der Waals surface area (Å²) < 4.78 is 5.68. The van der Waals surface area contributed by atoms with Gasteiger partial charge in [-0.15, -0.1) is 0 Å². The minimum absolute atomic E-state index is 0.114. The molecule has 3 aliphatic rings. The Bertz CT molecular complexity index is 1380. The third-order valence-electron chi connectivity index (χ3n) is 7.78. The van der Waals surface area contributed by atoms with E-state index in [1.807, 2.05) is 0 Å². The fourth-order valence-corrected chi connectivity index (χ4v) is 6.11. The monoisotopic (exact) mass is 544 g/mol. The molecule has 0 bridgehead atoms. The highest BCUT2D eigenvalue weighted by Crippen LogP contribution is 2.56. The number of aromatic hydroxyl groups is 1. The molecular weight excluding hydrogens is 516 g/mol. The molecule has 13 nitrogen and oxygen atoms in total. The first kappa shape index (κ1) is 27.8. The van der Waals surface area contributed by atoms with Crippen molar-refractivity contribution in [3.63, 3.8) is 0 Å². The molecule has 0 spiro atoms. The van der Waals surface area contributed by atoms with Gasteiger partial charge < -0.3 is 36.0 Å².